The van der Waals surface area contributed by atoms with Crippen LogP contribution in [0.4, 0.5) is 13.2 Å². The molecule has 4 rings (SSSR count). The Bertz CT molecular complexity index is 1200. The van der Waals surface area contributed by atoms with Crippen molar-refractivity contribution in [2.75, 3.05) is 0 Å². The van der Waals surface area contributed by atoms with Crippen molar-refractivity contribution >= 4 is 11.2 Å². The summed E-state index contributed by atoms with van der Waals surface area (Å²) in [7, 11) is 0. The summed E-state index contributed by atoms with van der Waals surface area (Å²) >= 11 is 0. The molecule has 0 aliphatic rings. The number of rotatable bonds is 5. The lowest BCUT2D eigenvalue weighted by molar-refractivity contribution is -0.141. The van der Waals surface area contributed by atoms with Crippen molar-refractivity contribution in [3.8, 4) is 11.4 Å². The van der Waals surface area contributed by atoms with E-state index in [0.717, 1.165) is 12.5 Å². The van der Waals surface area contributed by atoms with Gasteiger partial charge in [-0.25, -0.2) is 9.97 Å². The van der Waals surface area contributed by atoms with Gasteiger partial charge < -0.3 is 4.98 Å². The first kappa shape index (κ1) is 18.8. The zero-order chi connectivity index (χ0) is 20.6. The molecule has 11 heteroatoms. The van der Waals surface area contributed by atoms with Crippen LogP contribution in [0.1, 0.15) is 24.6 Å². The average molecular weight is 403 g/mol. The summed E-state index contributed by atoms with van der Waals surface area (Å²) in [5.41, 5.74) is 0.697. The summed E-state index contributed by atoms with van der Waals surface area (Å²) in [5.74, 6) is 0.440. The van der Waals surface area contributed by atoms with Gasteiger partial charge in [-0.2, -0.15) is 18.3 Å². The monoisotopic (exact) mass is 403 g/mol. The van der Waals surface area contributed by atoms with Gasteiger partial charge in [0.25, 0.3) is 5.56 Å². The highest BCUT2D eigenvalue weighted by Crippen LogP contribution is 2.27. The molecule has 1 N–H and O–H groups in total. The molecule has 8 nitrogen and oxygen atoms in total. The van der Waals surface area contributed by atoms with Crippen LogP contribution in [0.3, 0.4) is 0 Å². The van der Waals surface area contributed by atoms with Gasteiger partial charge in [0, 0.05) is 18.9 Å². The predicted octanol–water partition coefficient (Wildman–Crippen LogP) is 2.86. The molecule has 0 aliphatic heterocycles. The van der Waals surface area contributed by atoms with Crippen LogP contribution in [0, 0.1) is 0 Å². The number of aromatic amines is 1. The number of hydrogen-bond acceptors (Lipinski definition) is 5. The summed E-state index contributed by atoms with van der Waals surface area (Å²) < 4.78 is 40.9. The van der Waals surface area contributed by atoms with Crippen LogP contribution in [0.15, 0.2) is 41.8 Å². The minimum Gasteiger partial charge on any atom is -0.332 e. The summed E-state index contributed by atoms with van der Waals surface area (Å²) in [6.07, 6.45) is 2.22. The maximum absolute atomic E-state index is 12.6. The van der Waals surface area contributed by atoms with Crippen molar-refractivity contribution in [1.82, 2.24) is 34.3 Å². The third-order valence-electron chi connectivity index (χ3n) is 4.31. The Hall–Kier alpha value is -3.50. The van der Waals surface area contributed by atoms with Crippen LogP contribution in [-0.2, 0) is 19.3 Å². The maximum Gasteiger partial charge on any atom is 0.433 e. The van der Waals surface area contributed by atoms with Gasteiger partial charge >= 0.3 is 6.18 Å². The first-order valence-electron chi connectivity index (χ1n) is 8.85. The molecule has 0 unspecified atom stereocenters. The fourth-order valence-electron chi connectivity index (χ4n) is 2.91. The van der Waals surface area contributed by atoms with E-state index in [2.05, 4.69) is 25.0 Å². The van der Waals surface area contributed by atoms with Crippen molar-refractivity contribution in [3.05, 3.63) is 58.7 Å². The minimum atomic E-state index is -4.47. The Morgan fingerprint density at radius 1 is 1.17 bits per heavy atom. The lowest BCUT2D eigenvalue weighted by Crippen LogP contribution is -2.20. The highest BCUT2D eigenvalue weighted by atomic mass is 19.4. The van der Waals surface area contributed by atoms with Crippen LogP contribution in [-0.4, -0.2) is 34.3 Å². The smallest absolute Gasteiger partial charge is 0.332 e. The van der Waals surface area contributed by atoms with Gasteiger partial charge in [-0.15, -0.1) is 0 Å². The van der Waals surface area contributed by atoms with Gasteiger partial charge in [-0.1, -0.05) is 13.0 Å². The molecule has 0 saturated heterocycles. The topological polar surface area (TPSA) is 94.3 Å². The molecule has 0 atom stereocenters. The number of fused-ring (bicyclic) bond motifs is 1. The summed E-state index contributed by atoms with van der Waals surface area (Å²) in [6, 6.07) is 2.30. The highest BCUT2D eigenvalue weighted by Gasteiger charge is 2.32. The number of pyridine rings is 1. The Labute approximate surface area is 162 Å². The summed E-state index contributed by atoms with van der Waals surface area (Å²) in [4.78, 5) is 27.4. The fraction of sp³-hybridized carbons (Fsp3) is 0.278. The number of aryl methyl sites for hydroxylation is 1. The third kappa shape index (κ3) is 3.75. The van der Waals surface area contributed by atoms with Gasteiger partial charge in [0.15, 0.2) is 11.2 Å². The Morgan fingerprint density at radius 2 is 2.00 bits per heavy atom. The molecule has 0 saturated carbocycles. The molecule has 0 spiro atoms. The van der Waals surface area contributed by atoms with E-state index < -0.39 is 11.9 Å². The molecule has 4 aromatic rings. The number of hydrogen-bond donors (Lipinski definition) is 1. The van der Waals surface area contributed by atoms with Gasteiger partial charge in [-0.05, 0) is 18.1 Å². The standard InChI is InChI=1S/C18H16F3N7O/c1-2-5-27-10-23-16-14(17(27)29)25-15(26-16)12-7-24-28(9-12)8-11-3-4-13(22-6-11)18(19,20)21/h3-4,6-7,9-10H,2,5,8H2,1H3,(H,25,26). The van der Waals surface area contributed by atoms with E-state index in [4.69, 9.17) is 0 Å². The predicted molar refractivity (Wildman–Crippen MR) is 98.0 cm³/mol. The average Bonchev–Trinajstić information content (AvgIpc) is 3.31. The quantitative estimate of drug-likeness (QED) is 0.553. The molecule has 150 valence electrons. The second kappa shape index (κ2) is 7.15. The van der Waals surface area contributed by atoms with E-state index in [1.165, 1.54) is 23.2 Å². The Kier molecular flexibility index (Phi) is 4.65. The summed E-state index contributed by atoms with van der Waals surface area (Å²) in [5, 5.41) is 4.20. The first-order chi connectivity index (χ1) is 13.8. The van der Waals surface area contributed by atoms with E-state index in [1.54, 1.807) is 17.1 Å². The van der Waals surface area contributed by atoms with Gasteiger partial charge in [0.05, 0.1) is 18.3 Å². The van der Waals surface area contributed by atoms with Crippen LogP contribution >= 0.6 is 0 Å². The number of aromatic nitrogens is 7. The molecule has 0 bridgehead atoms. The largest absolute Gasteiger partial charge is 0.433 e. The molecule has 0 aliphatic carbocycles. The van der Waals surface area contributed by atoms with E-state index in [0.29, 0.717) is 34.7 Å². The van der Waals surface area contributed by atoms with Crippen LogP contribution < -0.4 is 5.56 Å². The Balaban J connectivity index is 1.57. The number of halogens is 3. The lowest BCUT2D eigenvalue weighted by atomic mass is 10.2. The molecule has 4 heterocycles. The second-order valence-electron chi connectivity index (χ2n) is 6.50. The third-order valence-corrected chi connectivity index (χ3v) is 4.31. The van der Waals surface area contributed by atoms with Crippen molar-refractivity contribution in [3.63, 3.8) is 0 Å². The number of nitrogens with zero attached hydrogens (tertiary/aromatic N) is 6. The van der Waals surface area contributed by atoms with E-state index >= 15 is 0 Å². The van der Waals surface area contributed by atoms with Gasteiger partial charge in [0.1, 0.15) is 17.8 Å². The second-order valence-corrected chi connectivity index (χ2v) is 6.50. The number of H-pyrrole nitrogens is 1. The zero-order valence-corrected chi connectivity index (χ0v) is 15.3. The molecule has 4 aromatic heterocycles. The molecular weight excluding hydrogens is 387 g/mol. The SMILES string of the molecule is CCCn1cnc2nc(-c3cnn(Cc4ccc(C(F)(F)F)nc4)c3)[nH]c2c1=O. The van der Waals surface area contributed by atoms with Crippen molar-refractivity contribution < 1.29 is 13.2 Å². The maximum atomic E-state index is 12.6. The zero-order valence-electron chi connectivity index (χ0n) is 15.3. The summed E-state index contributed by atoms with van der Waals surface area (Å²) in [6.45, 7) is 2.78. The molecule has 0 amide bonds. The van der Waals surface area contributed by atoms with E-state index in [9.17, 15) is 18.0 Å². The lowest BCUT2D eigenvalue weighted by Gasteiger charge is -2.06. The number of nitrogens with one attached hydrogen (secondary N) is 1. The van der Waals surface area contributed by atoms with Crippen LogP contribution in [0.25, 0.3) is 22.6 Å². The van der Waals surface area contributed by atoms with Crippen molar-refractivity contribution in [2.45, 2.75) is 32.6 Å². The minimum absolute atomic E-state index is 0.196. The first-order valence-corrected chi connectivity index (χ1v) is 8.85. The molecule has 0 fully saturated rings. The van der Waals surface area contributed by atoms with Gasteiger partial charge in [-0.3, -0.25) is 19.0 Å². The van der Waals surface area contributed by atoms with E-state index in [1.807, 2.05) is 6.92 Å². The van der Waals surface area contributed by atoms with Crippen molar-refractivity contribution in [1.29, 1.82) is 0 Å². The van der Waals surface area contributed by atoms with Gasteiger partial charge in [0.2, 0.25) is 0 Å². The highest BCUT2D eigenvalue weighted by molar-refractivity contribution is 5.74. The van der Waals surface area contributed by atoms with Crippen molar-refractivity contribution in [2.24, 2.45) is 0 Å². The molecular formula is C18H16F3N7O. The molecule has 0 aromatic carbocycles. The normalized spacial score (nSPS) is 12.0. The van der Waals surface area contributed by atoms with Crippen LogP contribution in [0.5, 0.6) is 0 Å². The van der Waals surface area contributed by atoms with Crippen LogP contribution in [0.2, 0.25) is 0 Å². The molecule has 29 heavy (non-hydrogen) atoms. The molecule has 0 radical (unpaired) electrons. The number of alkyl halides is 3. The fourth-order valence-corrected chi connectivity index (χ4v) is 2.91. The van der Waals surface area contributed by atoms with E-state index in [-0.39, 0.29) is 12.1 Å². The Morgan fingerprint density at radius 3 is 2.69 bits per heavy atom. The number of imidazole rings is 1.